The summed E-state index contributed by atoms with van der Waals surface area (Å²) < 4.78 is 0. The Morgan fingerprint density at radius 2 is 2.00 bits per heavy atom. The van der Waals surface area contributed by atoms with E-state index in [0.717, 1.165) is 24.9 Å². The summed E-state index contributed by atoms with van der Waals surface area (Å²) in [7, 11) is 0. The smallest absolute Gasteiger partial charge is 0.0305 e. The van der Waals surface area contributed by atoms with Crippen LogP contribution in [0.1, 0.15) is 70.2 Å². The van der Waals surface area contributed by atoms with Crippen LogP contribution in [0.25, 0.3) is 0 Å². The van der Waals surface area contributed by atoms with Gasteiger partial charge in [0.15, 0.2) is 0 Å². The van der Waals surface area contributed by atoms with Crippen molar-refractivity contribution in [3.8, 4) is 0 Å². The number of rotatable bonds is 4. The van der Waals surface area contributed by atoms with Gasteiger partial charge < -0.3 is 5.32 Å². The highest BCUT2D eigenvalue weighted by Crippen LogP contribution is 2.36. The Kier molecular flexibility index (Phi) is 5.68. The van der Waals surface area contributed by atoms with Gasteiger partial charge in [-0.15, -0.1) is 11.3 Å². The molecule has 1 saturated carbocycles. The first-order chi connectivity index (χ1) is 9.50. The normalized spacial score (nSPS) is 24.6. The molecule has 1 fully saturated rings. The maximum atomic E-state index is 3.82. The molecule has 1 aliphatic rings. The second-order valence-electron chi connectivity index (χ2n) is 7.37. The molecule has 2 atom stereocenters. The van der Waals surface area contributed by atoms with Crippen molar-refractivity contribution in [1.29, 1.82) is 0 Å². The molecule has 0 aromatic carbocycles. The van der Waals surface area contributed by atoms with E-state index in [2.05, 4.69) is 44.5 Å². The summed E-state index contributed by atoms with van der Waals surface area (Å²) in [5.41, 5.74) is 2.02. The van der Waals surface area contributed by atoms with Gasteiger partial charge in [-0.25, -0.2) is 0 Å². The first-order valence-corrected chi connectivity index (χ1v) is 9.17. The molecule has 1 N–H and O–H groups in total. The van der Waals surface area contributed by atoms with Crippen LogP contribution in [0.4, 0.5) is 0 Å². The quantitative estimate of drug-likeness (QED) is 0.733. The first-order valence-electron chi connectivity index (χ1n) is 8.29. The molecule has 1 aromatic heterocycles. The Balaban J connectivity index is 1.83. The van der Waals surface area contributed by atoms with Crippen LogP contribution in [0.2, 0.25) is 0 Å². The molecule has 0 radical (unpaired) electrons. The highest BCUT2D eigenvalue weighted by molar-refractivity contribution is 7.10. The zero-order chi connectivity index (χ0) is 14.6. The van der Waals surface area contributed by atoms with Crippen LogP contribution in [0, 0.1) is 11.3 Å². The van der Waals surface area contributed by atoms with Gasteiger partial charge in [-0.2, -0.15) is 0 Å². The van der Waals surface area contributed by atoms with Gasteiger partial charge in [-0.1, -0.05) is 34.1 Å². The molecule has 0 saturated heterocycles. The Labute approximate surface area is 129 Å². The van der Waals surface area contributed by atoms with E-state index >= 15 is 0 Å². The molecule has 0 aliphatic heterocycles. The van der Waals surface area contributed by atoms with Crippen molar-refractivity contribution in [2.45, 2.75) is 78.8 Å². The molecule has 114 valence electrons. The summed E-state index contributed by atoms with van der Waals surface area (Å²) in [4.78, 5) is 1.55. The minimum absolute atomic E-state index is 0.484. The molecule has 0 amide bonds. The van der Waals surface area contributed by atoms with Crippen LogP contribution in [-0.4, -0.2) is 6.04 Å². The van der Waals surface area contributed by atoms with E-state index in [0.29, 0.717) is 5.41 Å². The summed E-state index contributed by atoms with van der Waals surface area (Å²) in [6.45, 7) is 10.6. The van der Waals surface area contributed by atoms with E-state index in [1.165, 1.54) is 37.7 Å². The average molecular weight is 294 g/mol. The van der Waals surface area contributed by atoms with Gasteiger partial charge in [0, 0.05) is 17.5 Å². The number of nitrogens with one attached hydrogen (secondary N) is 1. The van der Waals surface area contributed by atoms with Crippen molar-refractivity contribution >= 4 is 11.3 Å². The topological polar surface area (TPSA) is 12.0 Å². The second kappa shape index (κ2) is 7.09. The lowest BCUT2D eigenvalue weighted by Crippen LogP contribution is -2.28. The number of hydrogen-bond acceptors (Lipinski definition) is 2. The molecule has 20 heavy (non-hydrogen) atoms. The highest BCUT2D eigenvalue weighted by atomic mass is 32.1. The maximum absolute atomic E-state index is 3.82. The third-order valence-corrected chi connectivity index (χ3v) is 5.93. The van der Waals surface area contributed by atoms with E-state index in [-0.39, 0.29) is 0 Å². The van der Waals surface area contributed by atoms with Crippen LogP contribution in [0.3, 0.4) is 0 Å². The first kappa shape index (κ1) is 16.0. The molecule has 2 unspecified atom stereocenters. The SMILES string of the molecule is CCc1ccsc1CNC1CCCC(C(C)(C)C)CC1. The van der Waals surface area contributed by atoms with Gasteiger partial charge in [0.1, 0.15) is 0 Å². The van der Waals surface area contributed by atoms with Gasteiger partial charge in [0.25, 0.3) is 0 Å². The molecule has 1 aromatic rings. The van der Waals surface area contributed by atoms with Crippen molar-refractivity contribution in [3.05, 3.63) is 21.9 Å². The van der Waals surface area contributed by atoms with E-state index in [4.69, 9.17) is 0 Å². The summed E-state index contributed by atoms with van der Waals surface area (Å²) in [5, 5.41) is 6.06. The number of aryl methyl sites for hydroxylation is 1. The van der Waals surface area contributed by atoms with E-state index in [9.17, 15) is 0 Å². The summed E-state index contributed by atoms with van der Waals surface area (Å²) in [5.74, 6) is 0.905. The lowest BCUT2D eigenvalue weighted by molar-refractivity contribution is 0.213. The van der Waals surface area contributed by atoms with Gasteiger partial charge >= 0.3 is 0 Å². The van der Waals surface area contributed by atoms with E-state index < -0.39 is 0 Å². The van der Waals surface area contributed by atoms with Crippen LogP contribution in [-0.2, 0) is 13.0 Å². The van der Waals surface area contributed by atoms with Crippen LogP contribution < -0.4 is 5.32 Å². The third-order valence-electron chi connectivity index (χ3n) is 4.96. The molecule has 2 heteroatoms. The van der Waals surface area contributed by atoms with Crippen LogP contribution >= 0.6 is 11.3 Å². The van der Waals surface area contributed by atoms with Crippen molar-refractivity contribution in [2.24, 2.45) is 11.3 Å². The fraction of sp³-hybridized carbons (Fsp3) is 0.778. The molecule has 1 aliphatic carbocycles. The lowest BCUT2D eigenvalue weighted by Gasteiger charge is -2.29. The predicted molar refractivity (Wildman–Crippen MR) is 90.4 cm³/mol. The highest BCUT2D eigenvalue weighted by Gasteiger charge is 2.27. The Bertz CT molecular complexity index is 402. The minimum atomic E-state index is 0.484. The van der Waals surface area contributed by atoms with E-state index in [1.54, 1.807) is 4.88 Å². The van der Waals surface area contributed by atoms with Crippen molar-refractivity contribution < 1.29 is 0 Å². The summed E-state index contributed by atoms with van der Waals surface area (Å²) >= 11 is 1.91. The van der Waals surface area contributed by atoms with Crippen molar-refractivity contribution in [3.63, 3.8) is 0 Å². The summed E-state index contributed by atoms with van der Waals surface area (Å²) in [6, 6.07) is 3.01. The molecular formula is C18H31NS. The zero-order valence-corrected chi connectivity index (χ0v) is 14.5. The Morgan fingerprint density at radius 3 is 2.70 bits per heavy atom. The zero-order valence-electron chi connectivity index (χ0n) is 13.7. The fourth-order valence-electron chi connectivity index (χ4n) is 3.45. The maximum Gasteiger partial charge on any atom is 0.0305 e. The molecule has 1 heterocycles. The standard InChI is InChI=1S/C18H31NS/c1-5-14-11-12-20-17(14)13-19-16-8-6-7-15(9-10-16)18(2,3)4/h11-12,15-16,19H,5-10,13H2,1-4H3. The largest absolute Gasteiger partial charge is 0.309 e. The van der Waals surface area contributed by atoms with Crippen molar-refractivity contribution in [2.75, 3.05) is 0 Å². The Hall–Kier alpha value is -0.340. The predicted octanol–water partition coefficient (Wildman–Crippen LogP) is 5.40. The van der Waals surface area contributed by atoms with Crippen LogP contribution in [0.15, 0.2) is 11.4 Å². The van der Waals surface area contributed by atoms with Gasteiger partial charge in [0.05, 0.1) is 0 Å². The molecule has 2 rings (SSSR count). The van der Waals surface area contributed by atoms with Crippen molar-refractivity contribution in [1.82, 2.24) is 5.32 Å². The summed E-state index contributed by atoms with van der Waals surface area (Å²) in [6.07, 6.45) is 8.09. The molecular weight excluding hydrogens is 262 g/mol. The lowest BCUT2D eigenvalue weighted by atomic mass is 9.76. The van der Waals surface area contributed by atoms with E-state index in [1.807, 2.05) is 11.3 Å². The number of hydrogen-bond donors (Lipinski definition) is 1. The molecule has 0 bridgehead atoms. The molecule has 0 spiro atoms. The van der Waals surface area contributed by atoms with Gasteiger partial charge in [-0.05, 0) is 60.4 Å². The van der Waals surface area contributed by atoms with Crippen LogP contribution in [0.5, 0.6) is 0 Å². The minimum Gasteiger partial charge on any atom is -0.309 e. The molecule has 1 nitrogen and oxygen atoms in total. The van der Waals surface area contributed by atoms with Gasteiger partial charge in [-0.3, -0.25) is 0 Å². The van der Waals surface area contributed by atoms with Gasteiger partial charge in [0.2, 0.25) is 0 Å². The number of thiophene rings is 1. The third kappa shape index (κ3) is 4.33. The monoisotopic (exact) mass is 293 g/mol. The Morgan fingerprint density at radius 1 is 1.20 bits per heavy atom. The second-order valence-corrected chi connectivity index (χ2v) is 8.37. The fourth-order valence-corrected chi connectivity index (χ4v) is 4.37. The average Bonchev–Trinajstić information content (AvgIpc) is 2.70.